The normalized spacial score (nSPS) is 17.7. The number of carbonyl (C=O) groups is 1. The standard InChI is InChI=1S/C23H42O3Si/c1-11-12-13-14-20(25-21(24)22(8,9)10)23(15-16-23)26-27(17(2)3,18(4)5)19(6)7/h17-20H,11-12,15-16H2,1-10H3. The molecule has 0 bridgehead atoms. The van der Waals surface area contributed by atoms with Crippen molar-refractivity contribution in [1.82, 2.24) is 0 Å². The lowest BCUT2D eigenvalue weighted by Gasteiger charge is -2.46. The monoisotopic (exact) mass is 394 g/mol. The molecule has 1 aliphatic carbocycles. The van der Waals surface area contributed by atoms with Gasteiger partial charge in [0, 0.05) is 6.42 Å². The molecule has 1 aliphatic rings. The molecule has 0 radical (unpaired) electrons. The minimum absolute atomic E-state index is 0.195. The van der Waals surface area contributed by atoms with Gasteiger partial charge in [-0.15, -0.1) is 0 Å². The maximum absolute atomic E-state index is 12.6. The Morgan fingerprint density at radius 3 is 1.85 bits per heavy atom. The van der Waals surface area contributed by atoms with Gasteiger partial charge in [0.25, 0.3) is 0 Å². The molecule has 27 heavy (non-hydrogen) atoms. The van der Waals surface area contributed by atoms with Gasteiger partial charge in [0.15, 0.2) is 6.10 Å². The quantitative estimate of drug-likeness (QED) is 0.269. The highest BCUT2D eigenvalue weighted by Crippen LogP contribution is 2.53. The predicted molar refractivity (Wildman–Crippen MR) is 116 cm³/mol. The van der Waals surface area contributed by atoms with E-state index >= 15 is 0 Å². The molecule has 1 atom stereocenters. The van der Waals surface area contributed by atoms with Crippen LogP contribution in [-0.2, 0) is 14.0 Å². The largest absolute Gasteiger partial charge is 0.446 e. The molecule has 0 saturated heterocycles. The summed E-state index contributed by atoms with van der Waals surface area (Å²) in [5.41, 5.74) is 0.545. The minimum atomic E-state index is -2.07. The van der Waals surface area contributed by atoms with E-state index in [0.717, 1.165) is 25.7 Å². The number of carbonyl (C=O) groups excluding carboxylic acids is 1. The van der Waals surface area contributed by atoms with Gasteiger partial charge in [0.1, 0.15) is 5.60 Å². The fraction of sp³-hybridized carbons (Fsp3) is 0.870. The SMILES string of the molecule is CCCC#CC(OC(=O)C(C)(C)C)C1(O[Si](C(C)C)(C(C)C)C(C)C)CC1. The Morgan fingerprint density at radius 2 is 1.52 bits per heavy atom. The molecule has 1 rings (SSSR count). The Morgan fingerprint density at radius 1 is 1.04 bits per heavy atom. The van der Waals surface area contributed by atoms with Crippen LogP contribution in [0.4, 0.5) is 0 Å². The minimum Gasteiger partial charge on any atom is -0.446 e. The molecule has 0 amide bonds. The van der Waals surface area contributed by atoms with Gasteiger partial charge < -0.3 is 9.16 Å². The van der Waals surface area contributed by atoms with Gasteiger partial charge in [-0.2, -0.15) is 0 Å². The van der Waals surface area contributed by atoms with Gasteiger partial charge in [-0.3, -0.25) is 4.79 Å². The van der Waals surface area contributed by atoms with Gasteiger partial charge >= 0.3 is 5.97 Å². The molecule has 0 aromatic heterocycles. The lowest BCUT2D eigenvalue weighted by atomic mass is 9.97. The van der Waals surface area contributed by atoms with Crippen LogP contribution in [-0.4, -0.2) is 26.0 Å². The van der Waals surface area contributed by atoms with E-state index in [4.69, 9.17) is 9.16 Å². The van der Waals surface area contributed by atoms with Crippen molar-refractivity contribution in [3.63, 3.8) is 0 Å². The summed E-state index contributed by atoms with van der Waals surface area (Å²) in [7, 11) is -2.07. The summed E-state index contributed by atoms with van der Waals surface area (Å²) in [5.74, 6) is 6.29. The Hall–Kier alpha value is -0.793. The van der Waals surface area contributed by atoms with Crippen molar-refractivity contribution in [3.05, 3.63) is 0 Å². The summed E-state index contributed by atoms with van der Waals surface area (Å²) >= 11 is 0. The van der Waals surface area contributed by atoms with Crippen molar-refractivity contribution < 1.29 is 14.0 Å². The van der Waals surface area contributed by atoms with Crippen molar-refractivity contribution in [2.45, 2.75) is 123 Å². The van der Waals surface area contributed by atoms with Crippen LogP contribution < -0.4 is 0 Å². The van der Waals surface area contributed by atoms with Gasteiger partial charge in [0.05, 0.1) is 5.41 Å². The smallest absolute Gasteiger partial charge is 0.312 e. The first-order valence-corrected chi connectivity index (χ1v) is 12.9. The second-order valence-corrected chi connectivity index (χ2v) is 15.5. The van der Waals surface area contributed by atoms with Crippen LogP contribution in [0.2, 0.25) is 16.6 Å². The molecule has 1 unspecified atom stereocenters. The molecule has 0 heterocycles. The number of rotatable bonds is 8. The number of esters is 1. The summed E-state index contributed by atoms with van der Waals surface area (Å²) in [5, 5.41) is 0. The van der Waals surface area contributed by atoms with E-state index in [-0.39, 0.29) is 5.97 Å². The van der Waals surface area contributed by atoms with Crippen LogP contribution in [0.1, 0.15) is 94.9 Å². The Kier molecular flexibility index (Phi) is 8.20. The van der Waals surface area contributed by atoms with Crippen molar-refractivity contribution >= 4 is 14.3 Å². The molecule has 4 heteroatoms. The zero-order chi connectivity index (χ0) is 21.0. The van der Waals surface area contributed by atoms with Gasteiger partial charge in [0.2, 0.25) is 8.32 Å². The highest BCUT2D eigenvalue weighted by Gasteiger charge is 2.60. The fourth-order valence-corrected chi connectivity index (χ4v) is 9.81. The molecule has 3 nitrogen and oxygen atoms in total. The van der Waals surface area contributed by atoms with E-state index in [0.29, 0.717) is 16.6 Å². The molecule has 156 valence electrons. The van der Waals surface area contributed by atoms with Gasteiger partial charge in [-0.1, -0.05) is 60.3 Å². The lowest BCUT2D eigenvalue weighted by molar-refractivity contribution is -0.161. The van der Waals surface area contributed by atoms with E-state index in [9.17, 15) is 4.79 Å². The maximum Gasteiger partial charge on any atom is 0.312 e. The molecule has 0 aliphatic heterocycles. The Labute approximate surface area is 169 Å². The number of hydrogen-bond acceptors (Lipinski definition) is 3. The first-order chi connectivity index (χ1) is 12.3. The first kappa shape index (κ1) is 24.2. The van der Waals surface area contributed by atoms with E-state index in [2.05, 4.69) is 60.3 Å². The predicted octanol–water partition coefficient (Wildman–Crippen LogP) is 6.47. The fourth-order valence-electron chi connectivity index (χ4n) is 4.09. The van der Waals surface area contributed by atoms with Crippen LogP contribution in [0.25, 0.3) is 0 Å². The van der Waals surface area contributed by atoms with Crippen molar-refractivity contribution in [1.29, 1.82) is 0 Å². The number of hydrogen-bond donors (Lipinski definition) is 0. The third-order valence-electron chi connectivity index (χ3n) is 5.75. The molecular formula is C23H42O3Si. The average Bonchev–Trinajstić information content (AvgIpc) is 3.30. The highest BCUT2D eigenvalue weighted by atomic mass is 28.4. The second-order valence-electron chi connectivity index (χ2n) is 10.1. The van der Waals surface area contributed by atoms with Gasteiger partial charge in [-0.05, 0) is 56.7 Å². The summed E-state index contributed by atoms with van der Waals surface area (Å²) in [6.07, 6.45) is 3.22. The van der Waals surface area contributed by atoms with E-state index < -0.39 is 25.4 Å². The van der Waals surface area contributed by atoms with E-state index in [1.165, 1.54) is 0 Å². The first-order valence-electron chi connectivity index (χ1n) is 10.7. The second kappa shape index (κ2) is 9.14. The van der Waals surface area contributed by atoms with Crippen molar-refractivity contribution in [3.8, 4) is 11.8 Å². The summed E-state index contributed by atoms with van der Waals surface area (Å²) in [6.45, 7) is 21.5. The Bertz CT molecular complexity index is 535. The average molecular weight is 395 g/mol. The third-order valence-corrected chi connectivity index (χ3v) is 11.9. The van der Waals surface area contributed by atoms with Crippen LogP contribution in [0.5, 0.6) is 0 Å². The third kappa shape index (κ3) is 5.61. The zero-order valence-corrected chi connectivity index (χ0v) is 20.4. The molecule has 1 saturated carbocycles. The highest BCUT2D eigenvalue weighted by molar-refractivity contribution is 6.77. The molecular weight excluding hydrogens is 352 g/mol. The molecule has 1 fully saturated rings. The van der Waals surface area contributed by atoms with Crippen molar-refractivity contribution in [2.75, 3.05) is 0 Å². The van der Waals surface area contributed by atoms with Crippen LogP contribution in [0.3, 0.4) is 0 Å². The summed E-state index contributed by atoms with van der Waals surface area (Å²) in [6, 6.07) is 0. The topological polar surface area (TPSA) is 35.5 Å². The number of ether oxygens (including phenoxy) is 1. The summed E-state index contributed by atoms with van der Waals surface area (Å²) in [4.78, 5) is 12.6. The molecule has 0 aromatic rings. The zero-order valence-electron chi connectivity index (χ0n) is 19.4. The Balaban J connectivity index is 3.23. The molecule has 0 N–H and O–H groups in total. The van der Waals surface area contributed by atoms with Crippen LogP contribution in [0.15, 0.2) is 0 Å². The van der Waals surface area contributed by atoms with E-state index in [1.54, 1.807) is 0 Å². The lowest BCUT2D eigenvalue weighted by Crippen LogP contribution is -2.54. The summed E-state index contributed by atoms with van der Waals surface area (Å²) < 4.78 is 13.0. The maximum atomic E-state index is 12.6. The van der Waals surface area contributed by atoms with Gasteiger partial charge in [-0.25, -0.2) is 0 Å². The van der Waals surface area contributed by atoms with Crippen LogP contribution in [0, 0.1) is 17.3 Å². The molecule has 0 aromatic carbocycles. The van der Waals surface area contributed by atoms with E-state index in [1.807, 2.05) is 20.8 Å². The molecule has 0 spiro atoms. The van der Waals surface area contributed by atoms with Crippen LogP contribution >= 0.6 is 0 Å². The van der Waals surface area contributed by atoms with Crippen molar-refractivity contribution in [2.24, 2.45) is 5.41 Å². The number of unbranched alkanes of at least 4 members (excludes halogenated alkanes) is 1.